The topological polar surface area (TPSA) is 32.3 Å². The SMILES string of the molecule is CCC1CCCC(CNC(CC)CCO)C1. The van der Waals surface area contributed by atoms with Gasteiger partial charge in [-0.1, -0.05) is 33.1 Å². The van der Waals surface area contributed by atoms with Crippen LogP contribution in [0, 0.1) is 11.8 Å². The van der Waals surface area contributed by atoms with Crippen LogP contribution >= 0.6 is 0 Å². The molecule has 1 aliphatic rings. The lowest BCUT2D eigenvalue weighted by Crippen LogP contribution is -2.35. The predicted molar refractivity (Wildman–Crippen MR) is 69.5 cm³/mol. The summed E-state index contributed by atoms with van der Waals surface area (Å²) in [6.07, 6.45) is 9.07. The van der Waals surface area contributed by atoms with E-state index in [1.165, 1.54) is 32.1 Å². The van der Waals surface area contributed by atoms with E-state index in [1.807, 2.05) is 0 Å². The van der Waals surface area contributed by atoms with E-state index in [0.29, 0.717) is 12.6 Å². The standard InChI is InChI=1S/C14H29NO/c1-3-12-6-5-7-13(10-12)11-15-14(4-2)8-9-16/h12-16H,3-11H2,1-2H3. The summed E-state index contributed by atoms with van der Waals surface area (Å²) < 4.78 is 0. The highest BCUT2D eigenvalue weighted by atomic mass is 16.3. The molecule has 0 aromatic rings. The minimum Gasteiger partial charge on any atom is -0.396 e. The lowest BCUT2D eigenvalue weighted by atomic mass is 9.80. The summed E-state index contributed by atoms with van der Waals surface area (Å²) in [6.45, 7) is 5.99. The highest BCUT2D eigenvalue weighted by Gasteiger charge is 2.20. The van der Waals surface area contributed by atoms with Crippen molar-refractivity contribution in [3.05, 3.63) is 0 Å². The second kappa shape index (κ2) is 8.08. The molecule has 1 rings (SSSR count). The first-order valence-corrected chi connectivity index (χ1v) is 7.14. The van der Waals surface area contributed by atoms with E-state index in [0.717, 1.165) is 31.2 Å². The van der Waals surface area contributed by atoms with Crippen molar-refractivity contribution in [2.75, 3.05) is 13.2 Å². The number of rotatable bonds is 7. The van der Waals surface area contributed by atoms with Gasteiger partial charge in [0, 0.05) is 12.6 Å². The average Bonchev–Trinajstić information content (AvgIpc) is 2.34. The van der Waals surface area contributed by atoms with Gasteiger partial charge in [0.25, 0.3) is 0 Å². The maximum atomic E-state index is 8.94. The van der Waals surface area contributed by atoms with E-state index in [4.69, 9.17) is 5.11 Å². The van der Waals surface area contributed by atoms with Crippen LogP contribution < -0.4 is 5.32 Å². The molecule has 0 bridgehead atoms. The predicted octanol–water partition coefficient (Wildman–Crippen LogP) is 2.95. The molecular weight excluding hydrogens is 198 g/mol. The third-order valence-electron chi connectivity index (χ3n) is 4.13. The third kappa shape index (κ3) is 4.84. The van der Waals surface area contributed by atoms with Gasteiger partial charge in [-0.25, -0.2) is 0 Å². The van der Waals surface area contributed by atoms with Crippen molar-refractivity contribution < 1.29 is 5.11 Å². The smallest absolute Gasteiger partial charge is 0.0445 e. The Kier molecular flexibility index (Phi) is 7.06. The first kappa shape index (κ1) is 14.0. The largest absolute Gasteiger partial charge is 0.396 e. The maximum Gasteiger partial charge on any atom is 0.0445 e. The van der Waals surface area contributed by atoms with Gasteiger partial charge in [0.1, 0.15) is 0 Å². The lowest BCUT2D eigenvalue weighted by Gasteiger charge is -2.30. The zero-order valence-electron chi connectivity index (χ0n) is 11.0. The summed E-state index contributed by atoms with van der Waals surface area (Å²) in [5.74, 6) is 1.85. The van der Waals surface area contributed by atoms with Crippen LogP contribution in [-0.4, -0.2) is 24.3 Å². The molecule has 3 unspecified atom stereocenters. The monoisotopic (exact) mass is 227 g/mol. The van der Waals surface area contributed by atoms with Gasteiger partial charge in [0.2, 0.25) is 0 Å². The Morgan fingerprint density at radius 3 is 2.62 bits per heavy atom. The zero-order chi connectivity index (χ0) is 11.8. The Morgan fingerprint density at radius 1 is 1.25 bits per heavy atom. The second-order valence-corrected chi connectivity index (χ2v) is 5.33. The van der Waals surface area contributed by atoms with E-state index in [-0.39, 0.29) is 0 Å². The van der Waals surface area contributed by atoms with Gasteiger partial charge < -0.3 is 10.4 Å². The number of hydrogen-bond acceptors (Lipinski definition) is 2. The van der Waals surface area contributed by atoms with E-state index < -0.39 is 0 Å². The molecule has 0 saturated heterocycles. The van der Waals surface area contributed by atoms with Crippen molar-refractivity contribution in [3.63, 3.8) is 0 Å². The van der Waals surface area contributed by atoms with E-state index >= 15 is 0 Å². The molecule has 2 nitrogen and oxygen atoms in total. The van der Waals surface area contributed by atoms with Crippen LogP contribution in [0.4, 0.5) is 0 Å². The normalized spacial score (nSPS) is 27.9. The molecule has 0 aromatic carbocycles. The summed E-state index contributed by atoms with van der Waals surface area (Å²) >= 11 is 0. The summed E-state index contributed by atoms with van der Waals surface area (Å²) in [4.78, 5) is 0. The summed E-state index contributed by atoms with van der Waals surface area (Å²) in [5, 5.41) is 12.6. The number of aliphatic hydroxyl groups is 1. The minimum atomic E-state index is 0.313. The molecule has 0 amide bonds. The van der Waals surface area contributed by atoms with Crippen molar-refractivity contribution in [1.82, 2.24) is 5.32 Å². The molecule has 2 N–H and O–H groups in total. The van der Waals surface area contributed by atoms with Crippen molar-refractivity contribution in [1.29, 1.82) is 0 Å². The average molecular weight is 227 g/mol. The summed E-state index contributed by atoms with van der Waals surface area (Å²) in [7, 11) is 0. The van der Waals surface area contributed by atoms with Crippen molar-refractivity contribution in [3.8, 4) is 0 Å². The molecule has 0 heterocycles. The molecule has 1 fully saturated rings. The van der Waals surface area contributed by atoms with Gasteiger partial charge in [-0.2, -0.15) is 0 Å². The Bertz CT molecular complexity index is 172. The molecule has 0 aromatic heterocycles. The Balaban J connectivity index is 2.20. The van der Waals surface area contributed by atoms with Crippen LogP contribution in [0.2, 0.25) is 0 Å². The number of hydrogen-bond donors (Lipinski definition) is 2. The van der Waals surface area contributed by atoms with Crippen LogP contribution in [0.15, 0.2) is 0 Å². The molecule has 2 heteroatoms. The van der Waals surface area contributed by atoms with Crippen LogP contribution in [0.3, 0.4) is 0 Å². The van der Waals surface area contributed by atoms with Crippen molar-refractivity contribution >= 4 is 0 Å². The lowest BCUT2D eigenvalue weighted by molar-refractivity contribution is 0.230. The van der Waals surface area contributed by atoms with Gasteiger partial charge in [0.15, 0.2) is 0 Å². The Morgan fingerprint density at radius 2 is 2.00 bits per heavy atom. The molecule has 0 radical (unpaired) electrons. The highest BCUT2D eigenvalue weighted by molar-refractivity contribution is 4.75. The Hall–Kier alpha value is -0.0800. The maximum absolute atomic E-state index is 8.94. The second-order valence-electron chi connectivity index (χ2n) is 5.33. The van der Waals surface area contributed by atoms with Gasteiger partial charge in [-0.05, 0) is 44.1 Å². The van der Waals surface area contributed by atoms with Crippen LogP contribution in [0.1, 0.15) is 58.8 Å². The van der Waals surface area contributed by atoms with E-state index in [1.54, 1.807) is 0 Å². The molecule has 16 heavy (non-hydrogen) atoms. The van der Waals surface area contributed by atoms with Crippen molar-refractivity contribution in [2.45, 2.75) is 64.8 Å². The van der Waals surface area contributed by atoms with Gasteiger partial charge in [-0.15, -0.1) is 0 Å². The molecule has 1 aliphatic carbocycles. The number of aliphatic hydroxyl groups excluding tert-OH is 1. The van der Waals surface area contributed by atoms with Gasteiger partial charge >= 0.3 is 0 Å². The van der Waals surface area contributed by atoms with Crippen LogP contribution in [0.25, 0.3) is 0 Å². The first-order valence-electron chi connectivity index (χ1n) is 7.14. The quantitative estimate of drug-likeness (QED) is 0.701. The molecule has 1 saturated carbocycles. The van der Waals surface area contributed by atoms with Crippen LogP contribution in [0.5, 0.6) is 0 Å². The van der Waals surface area contributed by atoms with Gasteiger partial charge in [0.05, 0.1) is 0 Å². The molecule has 96 valence electrons. The minimum absolute atomic E-state index is 0.313. The number of nitrogens with one attached hydrogen (secondary N) is 1. The van der Waals surface area contributed by atoms with E-state index in [9.17, 15) is 0 Å². The van der Waals surface area contributed by atoms with Crippen molar-refractivity contribution in [2.24, 2.45) is 11.8 Å². The summed E-state index contributed by atoms with van der Waals surface area (Å²) in [5.41, 5.74) is 0. The molecule has 0 spiro atoms. The first-order chi connectivity index (χ1) is 7.80. The summed E-state index contributed by atoms with van der Waals surface area (Å²) in [6, 6.07) is 0.520. The zero-order valence-corrected chi connectivity index (χ0v) is 11.0. The molecule has 0 aliphatic heterocycles. The molecule has 3 atom stereocenters. The third-order valence-corrected chi connectivity index (χ3v) is 4.13. The molecular formula is C14H29NO. The Labute approximate surface area is 101 Å². The highest BCUT2D eigenvalue weighted by Crippen LogP contribution is 2.30. The van der Waals surface area contributed by atoms with E-state index in [2.05, 4.69) is 19.2 Å². The van der Waals surface area contributed by atoms with Crippen LogP contribution in [-0.2, 0) is 0 Å². The fourth-order valence-corrected chi connectivity index (χ4v) is 2.90. The fourth-order valence-electron chi connectivity index (χ4n) is 2.90. The van der Waals surface area contributed by atoms with Gasteiger partial charge in [-0.3, -0.25) is 0 Å². The fraction of sp³-hybridized carbons (Fsp3) is 1.00.